The number of benzene rings is 1. The highest BCUT2D eigenvalue weighted by atomic mass is 32.1. The average molecular weight is 255 g/mol. The van der Waals surface area contributed by atoms with E-state index in [-0.39, 0.29) is 17.9 Å². The van der Waals surface area contributed by atoms with Gasteiger partial charge in [-0.1, -0.05) is 0 Å². The first kappa shape index (κ1) is 12.0. The van der Waals surface area contributed by atoms with Gasteiger partial charge in [0.25, 0.3) is 0 Å². The molecule has 0 aliphatic carbocycles. The molecule has 0 bridgehead atoms. The molecule has 17 heavy (non-hydrogen) atoms. The zero-order chi connectivity index (χ0) is 12.4. The lowest BCUT2D eigenvalue weighted by atomic mass is 10.0. The summed E-state index contributed by atoms with van der Waals surface area (Å²) < 4.78 is 32.4. The third-order valence-electron chi connectivity index (χ3n) is 2.45. The third kappa shape index (κ3) is 2.16. The Balaban J connectivity index is 2.60. The molecule has 2 aromatic rings. The van der Waals surface area contributed by atoms with Crippen LogP contribution in [0.5, 0.6) is 5.75 Å². The highest BCUT2D eigenvalue weighted by Gasteiger charge is 2.17. The minimum Gasteiger partial charge on any atom is -0.497 e. The minimum absolute atomic E-state index is 0.0486. The fourth-order valence-electron chi connectivity index (χ4n) is 1.65. The molecule has 0 fully saturated rings. The molecule has 0 unspecified atom stereocenters. The van der Waals surface area contributed by atoms with Crippen molar-refractivity contribution in [3.63, 3.8) is 0 Å². The van der Waals surface area contributed by atoms with Crippen molar-refractivity contribution in [2.24, 2.45) is 5.73 Å². The highest BCUT2D eigenvalue weighted by molar-refractivity contribution is 7.10. The van der Waals surface area contributed by atoms with Gasteiger partial charge in [0, 0.05) is 29.1 Å². The minimum atomic E-state index is -0.644. The van der Waals surface area contributed by atoms with Gasteiger partial charge in [-0.05, 0) is 11.4 Å². The van der Waals surface area contributed by atoms with Crippen LogP contribution in [0, 0.1) is 11.6 Å². The van der Waals surface area contributed by atoms with Crippen LogP contribution >= 0.6 is 11.3 Å². The summed E-state index contributed by atoms with van der Waals surface area (Å²) in [7, 11) is 1.36. The quantitative estimate of drug-likeness (QED) is 0.914. The van der Waals surface area contributed by atoms with Crippen molar-refractivity contribution >= 4 is 11.3 Å². The Labute approximate surface area is 102 Å². The van der Waals surface area contributed by atoms with Crippen molar-refractivity contribution in [3.05, 3.63) is 40.1 Å². The molecule has 90 valence electrons. The Morgan fingerprint density at radius 3 is 2.47 bits per heavy atom. The van der Waals surface area contributed by atoms with E-state index >= 15 is 0 Å². The summed E-state index contributed by atoms with van der Waals surface area (Å²) in [5, 5.41) is 1.76. The van der Waals surface area contributed by atoms with E-state index in [1.807, 2.05) is 0 Å². The first-order valence-corrected chi connectivity index (χ1v) is 5.85. The van der Waals surface area contributed by atoms with Crippen molar-refractivity contribution in [2.45, 2.75) is 6.54 Å². The lowest BCUT2D eigenvalue weighted by molar-refractivity contribution is 0.407. The van der Waals surface area contributed by atoms with Crippen LogP contribution in [0.4, 0.5) is 8.78 Å². The highest BCUT2D eigenvalue weighted by Crippen LogP contribution is 2.34. The zero-order valence-corrected chi connectivity index (χ0v) is 9.98. The average Bonchev–Trinajstić information content (AvgIpc) is 2.76. The van der Waals surface area contributed by atoms with Gasteiger partial charge in [-0.3, -0.25) is 0 Å². The number of nitrogens with two attached hydrogens (primary N) is 1. The van der Waals surface area contributed by atoms with Crippen LogP contribution in [0.2, 0.25) is 0 Å². The van der Waals surface area contributed by atoms with Gasteiger partial charge in [0.15, 0.2) is 0 Å². The molecular weight excluding hydrogens is 244 g/mol. The summed E-state index contributed by atoms with van der Waals surface area (Å²) in [6.07, 6.45) is 0. The second-order valence-corrected chi connectivity index (χ2v) is 4.43. The number of hydrogen-bond acceptors (Lipinski definition) is 3. The predicted octanol–water partition coefficient (Wildman–Crippen LogP) is 3.16. The van der Waals surface area contributed by atoms with Gasteiger partial charge in [-0.2, -0.15) is 0 Å². The van der Waals surface area contributed by atoms with Gasteiger partial charge in [0.05, 0.1) is 12.7 Å². The molecule has 0 aliphatic rings. The molecular formula is C12H11F2NOS. The van der Waals surface area contributed by atoms with Crippen LogP contribution in [0.25, 0.3) is 11.1 Å². The van der Waals surface area contributed by atoms with Gasteiger partial charge in [0.2, 0.25) is 0 Å². The zero-order valence-electron chi connectivity index (χ0n) is 9.17. The molecule has 5 heteroatoms. The maximum atomic E-state index is 13.8. The maximum absolute atomic E-state index is 13.8. The lowest BCUT2D eigenvalue weighted by Crippen LogP contribution is -1.98. The second-order valence-electron chi connectivity index (χ2n) is 3.43. The van der Waals surface area contributed by atoms with E-state index in [9.17, 15) is 8.78 Å². The monoisotopic (exact) mass is 255 g/mol. The van der Waals surface area contributed by atoms with Crippen LogP contribution in [0.15, 0.2) is 23.6 Å². The van der Waals surface area contributed by atoms with Crippen LogP contribution in [0.3, 0.4) is 0 Å². The largest absolute Gasteiger partial charge is 0.497 e. The Morgan fingerprint density at radius 1 is 1.29 bits per heavy atom. The number of ether oxygens (including phenoxy) is 1. The fourth-order valence-corrected chi connectivity index (χ4v) is 2.41. The van der Waals surface area contributed by atoms with E-state index < -0.39 is 11.6 Å². The number of halogens is 2. The standard InChI is InChI=1S/C12H11F2NOS/c1-16-7-4-9(13)12(10(14)5-7)8-2-3-17-11(8)6-15/h2-5H,6,15H2,1H3. The summed E-state index contributed by atoms with van der Waals surface area (Å²) >= 11 is 1.38. The molecule has 0 spiro atoms. The first-order chi connectivity index (χ1) is 8.17. The SMILES string of the molecule is COc1cc(F)c(-c2ccsc2CN)c(F)c1. The summed E-state index contributed by atoms with van der Waals surface area (Å²) in [6.45, 7) is 0.262. The molecule has 2 nitrogen and oxygen atoms in total. The molecule has 0 amide bonds. The van der Waals surface area contributed by atoms with Gasteiger partial charge >= 0.3 is 0 Å². The first-order valence-electron chi connectivity index (χ1n) is 4.97. The normalized spacial score (nSPS) is 10.6. The predicted molar refractivity (Wildman–Crippen MR) is 64.1 cm³/mol. The number of hydrogen-bond donors (Lipinski definition) is 1. The number of thiophene rings is 1. The van der Waals surface area contributed by atoms with Crippen molar-refractivity contribution in [1.82, 2.24) is 0 Å². The Kier molecular flexibility index (Phi) is 3.40. The van der Waals surface area contributed by atoms with E-state index in [1.165, 1.54) is 18.4 Å². The molecule has 0 aliphatic heterocycles. The van der Waals surface area contributed by atoms with Gasteiger partial charge in [-0.15, -0.1) is 11.3 Å². The van der Waals surface area contributed by atoms with Crippen molar-refractivity contribution in [2.75, 3.05) is 7.11 Å². The summed E-state index contributed by atoms with van der Waals surface area (Å²) in [5.74, 6) is -1.13. The van der Waals surface area contributed by atoms with Crippen molar-refractivity contribution < 1.29 is 13.5 Å². The fraction of sp³-hybridized carbons (Fsp3) is 0.167. The number of methoxy groups -OCH3 is 1. The summed E-state index contributed by atoms with van der Waals surface area (Å²) in [4.78, 5) is 0.757. The topological polar surface area (TPSA) is 35.2 Å². The second kappa shape index (κ2) is 4.81. The van der Waals surface area contributed by atoms with Crippen LogP contribution < -0.4 is 10.5 Å². The van der Waals surface area contributed by atoms with Crippen molar-refractivity contribution in [1.29, 1.82) is 0 Å². The third-order valence-corrected chi connectivity index (χ3v) is 3.39. The van der Waals surface area contributed by atoms with E-state index in [0.29, 0.717) is 5.56 Å². The molecule has 0 saturated heterocycles. The molecule has 1 aromatic heterocycles. The van der Waals surface area contributed by atoms with Crippen LogP contribution in [0.1, 0.15) is 4.88 Å². The maximum Gasteiger partial charge on any atom is 0.137 e. The van der Waals surface area contributed by atoms with Gasteiger partial charge in [-0.25, -0.2) is 8.78 Å². The van der Waals surface area contributed by atoms with E-state index in [2.05, 4.69) is 0 Å². The Hall–Kier alpha value is -1.46. The lowest BCUT2D eigenvalue weighted by Gasteiger charge is -2.08. The summed E-state index contributed by atoms with van der Waals surface area (Å²) in [5.41, 5.74) is 5.99. The molecule has 0 atom stereocenters. The smallest absolute Gasteiger partial charge is 0.137 e. The molecule has 0 saturated carbocycles. The molecule has 0 radical (unpaired) electrons. The van der Waals surface area contributed by atoms with Crippen molar-refractivity contribution in [3.8, 4) is 16.9 Å². The van der Waals surface area contributed by atoms with Crippen LogP contribution in [-0.2, 0) is 6.54 Å². The van der Waals surface area contributed by atoms with E-state index in [1.54, 1.807) is 11.4 Å². The Morgan fingerprint density at radius 2 is 1.94 bits per heavy atom. The Bertz CT molecular complexity index is 516. The molecule has 1 aromatic carbocycles. The van der Waals surface area contributed by atoms with E-state index in [4.69, 9.17) is 10.5 Å². The summed E-state index contributed by atoms with van der Waals surface area (Å²) in [6, 6.07) is 3.99. The number of rotatable bonds is 3. The van der Waals surface area contributed by atoms with Gasteiger partial charge < -0.3 is 10.5 Å². The van der Waals surface area contributed by atoms with Crippen LogP contribution in [-0.4, -0.2) is 7.11 Å². The molecule has 2 N–H and O–H groups in total. The molecule has 1 heterocycles. The van der Waals surface area contributed by atoms with Gasteiger partial charge in [0.1, 0.15) is 17.4 Å². The molecule has 2 rings (SSSR count). The van der Waals surface area contributed by atoms with E-state index in [0.717, 1.165) is 17.0 Å².